The van der Waals surface area contributed by atoms with Crippen molar-refractivity contribution < 1.29 is 13.6 Å². The quantitative estimate of drug-likeness (QED) is 0.0881. The first kappa shape index (κ1) is 39.3. The second-order valence-corrected chi connectivity index (χ2v) is 16.4. The van der Waals surface area contributed by atoms with Crippen LogP contribution in [0.15, 0.2) is 48.5 Å². The predicted octanol–water partition coefficient (Wildman–Crippen LogP) is 12.8. The van der Waals surface area contributed by atoms with Gasteiger partial charge in [0.25, 0.3) is 0 Å². The van der Waals surface area contributed by atoms with E-state index in [0.29, 0.717) is 30.5 Å². The second kappa shape index (κ2) is 22.4. The Hall–Kier alpha value is -1.45. The van der Waals surface area contributed by atoms with Crippen molar-refractivity contribution in [1.29, 1.82) is 0 Å². The minimum atomic E-state index is -0.254. The summed E-state index contributed by atoms with van der Waals surface area (Å²) in [6.45, 7) is -0.508. The Morgan fingerprint density at radius 3 is 1.25 bits per heavy atom. The van der Waals surface area contributed by atoms with Crippen LogP contribution in [-0.2, 0) is 30.5 Å². The van der Waals surface area contributed by atoms with E-state index in [1.54, 1.807) is 0 Å². The van der Waals surface area contributed by atoms with E-state index in [1.165, 1.54) is 99.3 Å². The van der Waals surface area contributed by atoms with Gasteiger partial charge in [0.15, 0.2) is 0 Å². The van der Waals surface area contributed by atoms with Crippen LogP contribution in [0.4, 0.5) is 8.78 Å². The SMILES string of the molecule is O=C(CCCCC1CCC(C(Cl)Cc2ccc(CCCF)cc2)CC1)CCCCC1CCC(C(Cl)Cc2ccc(CCCF)cc2)CC1. The molecule has 2 atom stereocenters. The van der Waals surface area contributed by atoms with E-state index >= 15 is 0 Å². The molecule has 1 nitrogen and oxygen atoms in total. The Labute approximate surface area is 301 Å². The standard InChI is InChI=1S/C43H62Cl2F2O/c44-42(31-37-17-13-35(14-18-37)9-5-29-46)39-25-21-33(22-26-39)7-1-3-11-41(48)12-4-2-8-34-23-27-40(28-24-34)43(45)32-38-19-15-36(16-20-38)10-6-30-47/h13-20,33-34,39-40,42-43H,1-12,21-32H2. The average Bonchev–Trinajstić information content (AvgIpc) is 3.12. The Bertz CT molecular complexity index is 1050. The minimum Gasteiger partial charge on any atom is -0.300 e. The molecule has 2 aliphatic carbocycles. The largest absolute Gasteiger partial charge is 0.300 e. The Kier molecular flexibility index (Phi) is 18.3. The predicted molar refractivity (Wildman–Crippen MR) is 201 cm³/mol. The fourth-order valence-electron chi connectivity index (χ4n) is 8.32. The Balaban J connectivity index is 0.977. The first-order valence-corrected chi connectivity index (χ1v) is 20.4. The molecule has 2 aliphatic rings. The number of rotatable bonds is 22. The molecule has 0 amide bonds. The van der Waals surface area contributed by atoms with Crippen molar-refractivity contribution in [2.24, 2.45) is 23.7 Å². The molecule has 4 rings (SSSR count). The monoisotopic (exact) mass is 702 g/mol. The third kappa shape index (κ3) is 14.4. The number of halogens is 4. The number of hydrogen-bond donors (Lipinski definition) is 0. The zero-order valence-corrected chi connectivity index (χ0v) is 31.0. The number of ketones is 1. The third-order valence-corrected chi connectivity index (χ3v) is 12.6. The van der Waals surface area contributed by atoms with Crippen LogP contribution in [0.2, 0.25) is 0 Å². The van der Waals surface area contributed by atoms with E-state index in [9.17, 15) is 13.6 Å². The summed E-state index contributed by atoms with van der Waals surface area (Å²) in [4.78, 5) is 12.6. The Morgan fingerprint density at radius 1 is 0.542 bits per heavy atom. The van der Waals surface area contributed by atoms with E-state index < -0.39 is 0 Å². The van der Waals surface area contributed by atoms with Gasteiger partial charge in [-0.2, -0.15) is 0 Å². The minimum absolute atomic E-state index is 0.189. The molecular weight excluding hydrogens is 641 g/mol. The second-order valence-electron chi connectivity index (χ2n) is 15.3. The lowest BCUT2D eigenvalue weighted by Gasteiger charge is -2.31. The van der Waals surface area contributed by atoms with Gasteiger partial charge in [-0.1, -0.05) is 99.9 Å². The topological polar surface area (TPSA) is 17.1 Å². The molecule has 0 saturated heterocycles. The zero-order chi connectivity index (χ0) is 34.0. The van der Waals surface area contributed by atoms with Gasteiger partial charge in [0, 0.05) is 23.6 Å². The summed E-state index contributed by atoms with van der Waals surface area (Å²) in [6.07, 6.45) is 23.1. The van der Waals surface area contributed by atoms with Crippen molar-refractivity contribution in [2.75, 3.05) is 13.3 Å². The van der Waals surface area contributed by atoms with Gasteiger partial charge in [0.2, 0.25) is 0 Å². The van der Waals surface area contributed by atoms with E-state index in [1.807, 2.05) is 0 Å². The average molecular weight is 704 g/mol. The van der Waals surface area contributed by atoms with Crippen LogP contribution < -0.4 is 0 Å². The molecule has 2 aromatic carbocycles. The molecule has 0 spiro atoms. The van der Waals surface area contributed by atoms with Gasteiger partial charge in [-0.05, 0) is 123 Å². The lowest BCUT2D eigenvalue weighted by molar-refractivity contribution is -0.119. The summed E-state index contributed by atoms with van der Waals surface area (Å²) < 4.78 is 24.9. The fourth-order valence-corrected chi connectivity index (χ4v) is 9.18. The molecule has 48 heavy (non-hydrogen) atoms. The van der Waals surface area contributed by atoms with Crippen molar-refractivity contribution in [3.05, 3.63) is 70.8 Å². The molecular formula is C43H62Cl2F2O. The van der Waals surface area contributed by atoms with Gasteiger partial charge in [0.05, 0.1) is 13.3 Å². The maximum absolute atomic E-state index is 12.6. The maximum atomic E-state index is 12.6. The first-order valence-electron chi connectivity index (χ1n) is 19.5. The lowest BCUT2D eigenvalue weighted by atomic mass is 9.77. The number of carbonyl (C=O) groups is 1. The highest BCUT2D eigenvalue weighted by Gasteiger charge is 2.27. The molecule has 0 N–H and O–H groups in total. The van der Waals surface area contributed by atoms with Crippen molar-refractivity contribution >= 4 is 29.0 Å². The summed E-state index contributed by atoms with van der Waals surface area (Å²) in [6, 6.07) is 17.2. The number of unbranched alkanes of at least 4 members (excludes halogenated alkanes) is 2. The van der Waals surface area contributed by atoms with Crippen LogP contribution >= 0.6 is 23.2 Å². The van der Waals surface area contributed by atoms with Crippen LogP contribution in [0.3, 0.4) is 0 Å². The van der Waals surface area contributed by atoms with Crippen LogP contribution in [-0.4, -0.2) is 29.9 Å². The first-order chi connectivity index (χ1) is 23.4. The number of hydrogen-bond acceptors (Lipinski definition) is 1. The van der Waals surface area contributed by atoms with Crippen molar-refractivity contribution in [3.63, 3.8) is 0 Å². The van der Waals surface area contributed by atoms with E-state index in [4.69, 9.17) is 23.2 Å². The molecule has 0 radical (unpaired) electrons. The number of benzene rings is 2. The molecule has 2 saturated carbocycles. The number of Topliss-reactive ketones (excluding diaryl/α,β-unsaturated/α-hetero) is 1. The van der Waals surface area contributed by atoms with Gasteiger partial charge < -0.3 is 0 Å². The van der Waals surface area contributed by atoms with Gasteiger partial charge in [-0.25, -0.2) is 0 Å². The highest BCUT2D eigenvalue weighted by molar-refractivity contribution is 6.21. The molecule has 5 heteroatoms. The molecule has 2 fully saturated rings. The van der Waals surface area contributed by atoms with E-state index in [2.05, 4.69) is 48.5 Å². The molecule has 0 aromatic heterocycles. The van der Waals surface area contributed by atoms with Crippen LogP contribution in [0.5, 0.6) is 0 Å². The highest BCUT2D eigenvalue weighted by Crippen LogP contribution is 2.38. The number of carbonyl (C=O) groups excluding carboxylic acids is 1. The van der Waals surface area contributed by atoms with Crippen molar-refractivity contribution in [3.8, 4) is 0 Å². The highest BCUT2D eigenvalue weighted by atomic mass is 35.5. The summed E-state index contributed by atoms with van der Waals surface area (Å²) >= 11 is 13.8. The molecule has 0 heterocycles. The summed E-state index contributed by atoms with van der Waals surface area (Å²) in [5, 5.41) is 0.378. The maximum Gasteiger partial charge on any atom is 0.132 e. The smallest absolute Gasteiger partial charge is 0.132 e. The third-order valence-electron chi connectivity index (χ3n) is 11.5. The van der Waals surface area contributed by atoms with Gasteiger partial charge in [-0.3, -0.25) is 13.6 Å². The van der Waals surface area contributed by atoms with Crippen molar-refractivity contribution in [2.45, 2.75) is 152 Å². The Morgan fingerprint density at radius 2 is 0.896 bits per heavy atom. The summed E-state index contributed by atoms with van der Waals surface area (Å²) in [7, 11) is 0. The van der Waals surface area contributed by atoms with Crippen LogP contribution in [0, 0.1) is 23.7 Å². The summed E-state index contributed by atoms with van der Waals surface area (Å²) in [5.41, 5.74) is 4.99. The number of aryl methyl sites for hydroxylation is 2. The number of alkyl halides is 4. The molecule has 0 aliphatic heterocycles. The van der Waals surface area contributed by atoms with Crippen LogP contribution in [0.1, 0.15) is 138 Å². The van der Waals surface area contributed by atoms with E-state index in [0.717, 1.165) is 63.2 Å². The van der Waals surface area contributed by atoms with Gasteiger partial charge in [-0.15, -0.1) is 23.2 Å². The molecule has 0 bridgehead atoms. The lowest BCUT2D eigenvalue weighted by Crippen LogP contribution is -2.24. The zero-order valence-electron chi connectivity index (χ0n) is 29.5. The van der Waals surface area contributed by atoms with Crippen molar-refractivity contribution in [1.82, 2.24) is 0 Å². The normalized spacial score (nSPS) is 22.8. The molecule has 2 unspecified atom stereocenters. The summed E-state index contributed by atoms with van der Waals surface area (Å²) in [5.74, 6) is 3.24. The molecule has 2 aromatic rings. The van der Waals surface area contributed by atoms with Gasteiger partial charge in [0.1, 0.15) is 5.78 Å². The van der Waals surface area contributed by atoms with Gasteiger partial charge >= 0.3 is 0 Å². The fraction of sp³-hybridized carbons (Fsp3) is 0.698. The van der Waals surface area contributed by atoms with Crippen LogP contribution in [0.25, 0.3) is 0 Å². The molecule has 268 valence electrons. The van der Waals surface area contributed by atoms with E-state index in [-0.39, 0.29) is 24.1 Å².